The van der Waals surface area contributed by atoms with Gasteiger partial charge in [0.25, 0.3) is 0 Å². The average Bonchev–Trinajstić information content (AvgIpc) is 3.29. The molecule has 0 amide bonds. The van der Waals surface area contributed by atoms with Crippen LogP contribution in [0.3, 0.4) is 0 Å². The van der Waals surface area contributed by atoms with Gasteiger partial charge in [-0.3, -0.25) is 14.8 Å². The Bertz CT molecular complexity index is 1520. The molecule has 6 rings (SSSR count). The molecule has 0 spiro atoms. The summed E-state index contributed by atoms with van der Waals surface area (Å²) in [6.07, 6.45) is 24.7. The fraction of sp³-hybridized carbons (Fsp3) is 0.343. The maximum Gasteiger partial charge on any atom is 0.184 e. The predicted octanol–water partition coefficient (Wildman–Crippen LogP) is 7.02. The first-order valence-corrected chi connectivity index (χ1v) is 14.7. The first-order valence-electron chi connectivity index (χ1n) is 14.7. The van der Waals surface area contributed by atoms with Crippen LogP contribution < -0.4 is 0 Å². The molecular weight excluding hydrogens is 508 g/mol. The number of ketones is 1. The molecule has 208 valence electrons. The van der Waals surface area contributed by atoms with E-state index in [1.165, 1.54) is 18.4 Å². The Morgan fingerprint density at radius 3 is 2.68 bits per heavy atom. The van der Waals surface area contributed by atoms with E-state index in [0.29, 0.717) is 30.8 Å². The monoisotopic (exact) mass is 544 g/mol. The Morgan fingerprint density at radius 1 is 1.00 bits per heavy atom. The van der Waals surface area contributed by atoms with Crippen LogP contribution in [0.25, 0.3) is 22.5 Å². The topological polar surface area (TPSA) is 76.8 Å². The number of nitrogens with zero attached hydrogens (tertiary/aromatic N) is 4. The van der Waals surface area contributed by atoms with Gasteiger partial charge >= 0.3 is 0 Å². The Balaban J connectivity index is 1.14. The number of benzene rings is 1. The molecule has 2 unspecified atom stereocenters. The molecule has 4 heterocycles. The number of Topliss-reactive ketones (excluding diaryl/α,β-unsaturated/α-hetero) is 1. The number of hydrogen-bond donors (Lipinski definition) is 0. The maximum atomic E-state index is 12.2. The van der Waals surface area contributed by atoms with E-state index in [0.717, 1.165) is 64.8 Å². The number of carbonyl (C=O) groups excluding carboxylic acids is 1. The lowest BCUT2D eigenvalue weighted by Gasteiger charge is -2.29. The van der Waals surface area contributed by atoms with E-state index in [-0.39, 0.29) is 12.4 Å². The van der Waals surface area contributed by atoms with Crippen molar-refractivity contribution in [3.63, 3.8) is 0 Å². The first-order chi connectivity index (χ1) is 20.2. The van der Waals surface area contributed by atoms with Crippen molar-refractivity contribution in [2.75, 3.05) is 19.8 Å². The zero-order valence-electron chi connectivity index (χ0n) is 23.6. The first kappa shape index (κ1) is 27.2. The van der Waals surface area contributed by atoms with Gasteiger partial charge in [0.2, 0.25) is 0 Å². The molecule has 6 nitrogen and oxygen atoms in total. The normalized spacial score (nSPS) is 25.1. The molecule has 1 aromatic heterocycles. The third kappa shape index (κ3) is 6.49. The number of carbonyl (C=O) groups is 1. The lowest BCUT2D eigenvalue weighted by Crippen LogP contribution is -2.22. The highest BCUT2D eigenvalue weighted by atomic mass is 16.5. The molecule has 1 saturated heterocycles. The number of hydrogen-bond acceptors (Lipinski definition) is 6. The van der Waals surface area contributed by atoms with E-state index in [1.807, 2.05) is 50.0 Å². The van der Waals surface area contributed by atoms with Crippen molar-refractivity contribution < 1.29 is 9.53 Å². The maximum absolute atomic E-state index is 12.2. The summed E-state index contributed by atoms with van der Waals surface area (Å²) in [6.45, 7) is 3.62. The summed E-state index contributed by atoms with van der Waals surface area (Å²) < 4.78 is 5.30. The van der Waals surface area contributed by atoms with Gasteiger partial charge in [0.15, 0.2) is 11.6 Å². The number of ether oxygens (including phenoxy) is 1. The van der Waals surface area contributed by atoms with Crippen molar-refractivity contribution >= 4 is 29.4 Å². The zero-order valence-corrected chi connectivity index (χ0v) is 23.6. The van der Waals surface area contributed by atoms with E-state index in [2.05, 4.69) is 41.4 Å². The molecule has 3 aliphatic heterocycles. The molecule has 2 atom stereocenters. The second-order valence-corrected chi connectivity index (χ2v) is 11.2. The number of aliphatic imine (C=N–C) groups is 2. The Morgan fingerprint density at radius 2 is 1.88 bits per heavy atom. The van der Waals surface area contributed by atoms with Gasteiger partial charge in [0.1, 0.15) is 6.61 Å². The molecule has 0 radical (unpaired) electrons. The standard InChI is InChI=1S/C35H36N4O2/c1-2-33-12-11-31(20-37-33)26-7-4-8-28(17-26)35-38-21-32(22-39-35)30-10-9-29(18-36-19-30)25-6-3-5-24(15-25)16-27-13-14-41-23-34(27)40/h2,4,7-11,16-17,19-22,24-25H,3,5-6,12-15,18,23H2,1H3. The van der Waals surface area contributed by atoms with E-state index >= 15 is 0 Å². The fourth-order valence-corrected chi connectivity index (χ4v) is 6.05. The third-order valence-corrected chi connectivity index (χ3v) is 8.44. The van der Waals surface area contributed by atoms with Crippen molar-refractivity contribution in [1.82, 2.24) is 9.97 Å². The number of dihydropyridines is 1. The second-order valence-electron chi connectivity index (χ2n) is 11.2. The van der Waals surface area contributed by atoms with E-state index in [4.69, 9.17) is 19.7 Å². The molecule has 1 aliphatic carbocycles. The van der Waals surface area contributed by atoms with Crippen LogP contribution in [0, 0.1) is 11.8 Å². The Kier molecular flexibility index (Phi) is 8.38. The lowest BCUT2D eigenvalue weighted by atomic mass is 9.76. The number of allylic oxidation sites excluding steroid dienone is 7. The van der Waals surface area contributed by atoms with Crippen LogP contribution in [0.4, 0.5) is 0 Å². The van der Waals surface area contributed by atoms with Crippen molar-refractivity contribution in [3.8, 4) is 11.4 Å². The second kappa shape index (κ2) is 12.6. The van der Waals surface area contributed by atoms with Gasteiger partial charge in [-0.2, -0.15) is 0 Å². The smallest absolute Gasteiger partial charge is 0.184 e. The molecule has 1 saturated carbocycles. The summed E-state index contributed by atoms with van der Waals surface area (Å²) in [5.41, 5.74) is 8.62. The minimum Gasteiger partial charge on any atom is -0.373 e. The molecule has 0 N–H and O–H groups in total. The molecule has 2 fully saturated rings. The van der Waals surface area contributed by atoms with E-state index < -0.39 is 0 Å². The van der Waals surface area contributed by atoms with Crippen molar-refractivity contribution in [1.29, 1.82) is 0 Å². The number of aromatic nitrogens is 2. The lowest BCUT2D eigenvalue weighted by molar-refractivity contribution is -0.122. The highest BCUT2D eigenvalue weighted by Crippen LogP contribution is 2.36. The third-order valence-electron chi connectivity index (χ3n) is 8.44. The molecule has 1 aromatic carbocycles. The summed E-state index contributed by atoms with van der Waals surface area (Å²) >= 11 is 0. The molecule has 2 aromatic rings. The quantitative estimate of drug-likeness (QED) is 0.379. The van der Waals surface area contributed by atoms with E-state index in [9.17, 15) is 4.79 Å². The van der Waals surface area contributed by atoms with Crippen molar-refractivity contribution in [2.24, 2.45) is 21.8 Å². The van der Waals surface area contributed by atoms with E-state index in [1.54, 1.807) is 0 Å². The Hall–Kier alpha value is -4.03. The van der Waals surface area contributed by atoms with Crippen LogP contribution >= 0.6 is 0 Å². The molecule has 0 bridgehead atoms. The van der Waals surface area contributed by atoms with Crippen molar-refractivity contribution in [3.05, 3.63) is 95.0 Å². The molecule has 4 aliphatic rings. The minimum atomic E-state index is 0.157. The fourth-order valence-electron chi connectivity index (χ4n) is 6.05. The largest absolute Gasteiger partial charge is 0.373 e. The van der Waals surface area contributed by atoms with Crippen LogP contribution in [0.2, 0.25) is 0 Å². The molecule has 6 heteroatoms. The predicted molar refractivity (Wildman–Crippen MR) is 166 cm³/mol. The number of rotatable bonds is 5. The summed E-state index contributed by atoms with van der Waals surface area (Å²) in [5, 5.41) is 0. The Labute approximate surface area is 242 Å². The molecule has 41 heavy (non-hydrogen) atoms. The van der Waals surface area contributed by atoms with Crippen LogP contribution in [-0.2, 0) is 9.53 Å². The molecular formula is C35H36N4O2. The van der Waals surface area contributed by atoms with Gasteiger partial charge in [-0.1, -0.05) is 55.0 Å². The van der Waals surface area contributed by atoms with Gasteiger partial charge in [0, 0.05) is 53.6 Å². The summed E-state index contributed by atoms with van der Waals surface area (Å²) in [4.78, 5) is 30.9. The van der Waals surface area contributed by atoms with Crippen LogP contribution in [0.15, 0.2) is 93.9 Å². The highest BCUT2D eigenvalue weighted by molar-refractivity contribution is 6.11. The SMILES string of the molecule is CC=C1CC=C(c2cccc(-c3ncc(C4=CC=C(C5CCCC(C=C6CCOCC6=O)C5)CN=C4)cn3)c2)C=N1. The van der Waals surface area contributed by atoms with Gasteiger partial charge in [0.05, 0.1) is 13.2 Å². The summed E-state index contributed by atoms with van der Waals surface area (Å²) in [7, 11) is 0. The van der Waals surface area contributed by atoms with Crippen molar-refractivity contribution in [2.45, 2.75) is 45.4 Å². The zero-order chi connectivity index (χ0) is 28.0. The van der Waals surface area contributed by atoms with Gasteiger partial charge in [-0.25, -0.2) is 9.97 Å². The highest BCUT2D eigenvalue weighted by Gasteiger charge is 2.25. The minimum absolute atomic E-state index is 0.157. The van der Waals surface area contributed by atoms with Gasteiger partial charge < -0.3 is 4.74 Å². The van der Waals surface area contributed by atoms with Crippen LogP contribution in [-0.4, -0.2) is 47.9 Å². The summed E-state index contributed by atoms with van der Waals surface area (Å²) in [5.74, 6) is 1.80. The summed E-state index contributed by atoms with van der Waals surface area (Å²) in [6, 6.07) is 8.31. The van der Waals surface area contributed by atoms with Crippen LogP contribution in [0.1, 0.15) is 56.6 Å². The van der Waals surface area contributed by atoms with Gasteiger partial charge in [-0.15, -0.1) is 0 Å². The average molecular weight is 545 g/mol. The van der Waals surface area contributed by atoms with Crippen LogP contribution in [0.5, 0.6) is 0 Å². The van der Waals surface area contributed by atoms with Gasteiger partial charge in [-0.05, 0) is 72.8 Å².